The predicted octanol–water partition coefficient (Wildman–Crippen LogP) is 3.84. The van der Waals surface area contributed by atoms with Gasteiger partial charge in [-0.2, -0.15) is 0 Å². The topological polar surface area (TPSA) is 84.9 Å². The van der Waals surface area contributed by atoms with Gasteiger partial charge in [0.15, 0.2) is 19.0 Å². The number of ketones is 1. The van der Waals surface area contributed by atoms with Crippen molar-refractivity contribution < 1.29 is 23.9 Å². The highest BCUT2D eigenvalue weighted by atomic mass is 16.5. The zero-order valence-electron chi connectivity index (χ0n) is 19.9. The molecule has 7 nitrogen and oxygen atoms in total. The molecule has 1 N–H and O–H groups in total. The van der Waals surface area contributed by atoms with Crippen molar-refractivity contribution in [2.75, 3.05) is 24.7 Å². The van der Waals surface area contributed by atoms with E-state index in [1.54, 1.807) is 25.1 Å². The van der Waals surface area contributed by atoms with Crippen LogP contribution in [0.1, 0.15) is 48.7 Å². The van der Waals surface area contributed by atoms with Gasteiger partial charge in [0.2, 0.25) is 5.91 Å². The zero-order valence-corrected chi connectivity index (χ0v) is 19.9. The molecule has 2 aromatic rings. The van der Waals surface area contributed by atoms with Crippen molar-refractivity contribution in [3.8, 4) is 11.5 Å². The van der Waals surface area contributed by atoms with E-state index in [-0.39, 0.29) is 30.8 Å². The Balaban J connectivity index is 1.76. The normalized spacial score (nSPS) is 13.9. The van der Waals surface area contributed by atoms with Crippen LogP contribution in [0.5, 0.6) is 11.5 Å². The first-order valence-electron chi connectivity index (χ1n) is 11.3. The minimum Gasteiger partial charge on any atom is -0.485 e. The number of hydrogen-bond acceptors (Lipinski definition) is 5. The first-order chi connectivity index (χ1) is 15.7. The van der Waals surface area contributed by atoms with E-state index >= 15 is 0 Å². The quantitative estimate of drug-likeness (QED) is 0.585. The van der Waals surface area contributed by atoms with Crippen LogP contribution in [0, 0.1) is 19.8 Å². The van der Waals surface area contributed by atoms with Gasteiger partial charge in [-0.1, -0.05) is 26.0 Å². The van der Waals surface area contributed by atoms with Gasteiger partial charge < -0.3 is 14.8 Å². The fourth-order valence-corrected chi connectivity index (χ4v) is 3.61. The fourth-order valence-electron chi connectivity index (χ4n) is 3.61. The summed E-state index contributed by atoms with van der Waals surface area (Å²) in [7, 11) is 0. The Kier molecular flexibility index (Phi) is 7.74. The van der Waals surface area contributed by atoms with E-state index in [0.717, 1.165) is 17.5 Å². The number of benzene rings is 2. The first-order valence-corrected chi connectivity index (χ1v) is 11.3. The number of carbonyl (C=O) groups excluding carboxylic acids is 3. The number of Topliss-reactive ketones (excluding diaryl/α,β-unsaturated/α-hetero) is 1. The molecular weight excluding hydrogens is 420 g/mol. The second kappa shape index (κ2) is 10.5. The van der Waals surface area contributed by atoms with Crippen molar-refractivity contribution in [3.63, 3.8) is 0 Å². The van der Waals surface area contributed by atoms with Crippen LogP contribution in [0.2, 0.25) is 0 Å². The molecule has 7 heteroatoms. The Labute approximate surface area is 195 Å². The fraction of sp³-hybridized carbons (Fsp3) is 0.423. The molecule has 1 aliphatic heterocycles. The molecule has 0 saturated heterocycles. The highest BCUT2D eigenvalue weighted by Crippen LogP contribution is 2.34. The molecule has 0 bridgehead atoms. The standard InChI is InChI=1S/C26H32N2O5/c1-16(2)10-11-27-26(31)19(5)28-21-13-20(8-9-23(21)33-15-25(28)30)22(29)14-32-24-12-17(3)6-7-18(24)4/h6-9,12-13,16,19H,10-11,14-15H2,1-5H3,(H,27,31)/t19-/m0/s1. The third-order valence-electron chi connectivity index (χ3n) is 5.65. The van der Waals surface area contributed by atoms with Crippen LogP contribution in [0.3, 0.4) is 0 Å². The predicted molar refractivity (Wildman–Crippen MR) is 127 cm³/mol. The maximum atomic E-state index is 12.8. The summed E-state index contributed by atoms with van der Waals surface area (Å²) in [5.41, 5.74) is 2.79. The average molecular weight is 453 g/mol. The van der Waals surface area contributed by atoms with Crippen molar-refractivity contribution in [1.82, 2.24) is 5.32 Å². The van der Waals surface area contributed by atoms with E-state index in [1.807, 2.05) is 32.0 Å². The van der Waals surface area contributed by atoms with E-state index in [1.165, 1.54) is 4.90 Å². The van der Waals surface area contributed by atoms with E-state index in [9.17, 15) is 14.4 Å². The summed E-state index contributed by atoms with van der Waals surface area (Å²) < 4.78 is 11.3. The molecule has 176 valence electrons. The van der Waals surface area contributed by atoms with Gasteiger partial charge in [0, 0.05) is 12.1 Å². The molecule has 2 amide bonds. The van der Waals surface area contributed by atoms with Gasteiger partial charge in [0.05, 0.1) is 5.69 Å². The van der Waals surface area contributed by atoms with Crippen molar-refractivity contribution in [3.05, 3.63) is 53.1 Å². The minimum atomic E-state index is -0.733. The lowest BCUT2D eigenvalue weighted by Crippen LogP contribution is -2.51. The lowest BCUT2D eigenvalue weighted by Gasteiger charge is -2.33. The SMILES string of the molecule is Cc1ccc(C)c(OCC(=O)c2ccc3c(c2)N([C@@H](C)C(=O)NCCC(C)C)C(=O)CO3)c1. The molecule has 1 heterocycles. The highest BCUT2D eigenvalue weighted by molar-refractivity contribution is 6.05. The summed E-state index contributed by atoms with van der Waals surface area (Å²) >= 11 is 0. The van der Waals surface area contributed by atoms with Crippen LogP contribution in [0.25, 0.3) is 0 Å². The van der Waals surface area contributed by atoms with Crippen molar-refractivity contribution >= 4 is 23.3 Å². The monoisotopic (exact) mass is 452 g/mol. The summed E-state index contributed by atoms with van der Waals surface area (Å²) in [6, 6.07) is 9.99. The van der Waals surface area contributed by atoms with Gasteiger partial charge in [-0.3, -0.25) is 19.3 Å². The summed E-state index contributed by atoms with van der Waals surface area (Å²) in [5, 5.41) is 2.89. The van der Waals surface area contributed by atoms with Gasteiger partial charge in [-0.15, -0.1) is 0 Å². The third-order valence-corrected chi connectivity index (χ3v) is 5.65. The van der Waals surface area contributed by atoms with Crippen LogP contribution in [0.4, 0.5) is 5.69 Å². The number of nitrogens with one attached hydrogen (secondary N) is 1. The Morgan fingerprint density at radius 3 is 2.61 bits per heavy atom. The maximum absolute atomic E-state index is 12.8. The molecule has 0 fully saturated rings. The van der Waals surface area contributed by atoms with Gasteiger partial charge in [0.25, 0.3) is 5.91 Å². The Bertz CT molecular complexity index is 1050. The van der Waals surface area contributed by atoms with Crippen LogP contribution < -0.4 is 19.7 Å². The van der Waals surface area contributed by atoms with Gasteiger partial charge >= 0.3 is 0 Å². The van der Waals surface area contributed by atoms with Gasteiger partial charge in [-0.05, 0) is 68.5 Å². The lowest BCUT2D eigenvalue weighted by atomic mass is 10.1. The molecule has 0 aliphatic carbocycles. The molecule has 33 heavy (non-hydrogen) atoms. The summed E-state index contributed by atoms with van der Waals surface area (Å²) in [6.07, 6.45) is 0.852. The van der Waals surface area contributed by atoms with Crippen LogP contribution in [-0.4, -0.2) is 43.4 Å². The molecule has 0 unspecified atom stereocenters. The molecule has 0 aromatic heterocycles. The number of ether oxygens (including phenoxy) is 2. The first kappa shape index (κ1) is 24.3. The van der Waals surface area contributed by atoms with E-state index in [4.69, 9.17) is 9.47 Å². The van der Waals surface area contributed by atoms with Crippen molar-refractivity contribution in [1.29, 1.82) is 0 Å². The molecule has 2 aromatic carbocycles. The minimum absolute atomic E-state index is 0.136. The van der Waals surface area contributed by atoms with E-state index in [0.29, 0.717) is 35.2 Å². The van der Waals surface area contributed by atoms with Crippen LogP contribution >= 0.6 is 0 Å². The van der Waals surface area contributed by atoms with Crippen molar-refractivity contribution in [2.24, 2.45) is 5.92 Å². The number of fused-ring (bicyclic) bond motifs is 1. The molecule has 0 radical (unpaired) electrons. The summed E-state index contributed by atoms with van der Waals surface area (Å²) in [5.74, 6) is 0.782. The zero-order chi connectivity index (χ0) is 24.1. The average Bonchev–Trinajstić information content (AvgIpc) is 2.78. The summed E-state index contributed by atoms with van der Waals surface area (Å²) in [6.45, 7) is 9.98. The van der Waals surface area contributed by atoms with Gasteiger partial charge in [-0.25, -0.2) is 0 Å². The number of amides is 2. The number of anilines is 1. The van der Waals surface area contributed by atoms with E-state index < -0.39 is 6.04 Å². The Hall–Kier alpha value is -3.35. The Morgan fingerprint density at radius 1 is 1.12 bits per heavy atom. The molecule has 1 aliphatic rings. The number of aryl methyl sites for hydroxylation is 2. The summed E-state index contributed by atoms with van der Waals surface area (Å²) in [4.78, 5) is 39.6. The Morgan fingerprint density at radius 2 is 1.88 bits per heavy atom. The number of hydrogen-bond donors (Lipinski definition) is 1. The lowest BCUT2D eigenvalue weighted by molar-refractivity contribution is -0.127. The van der Waals surface area contributed by atoms with Crippen molar-refractivity contribution in [2.45, 2.75) is 47.1 Å². The second-order valence-electron chi connectivity index (χ2n) is 8.87. The van der Waals surface area contributed by atoms with Gasteiger partial charge in [0.1, 0.15) is 17.5 Å². The van der Waals surface area contributed by atoms with E-state index in [2.05, 4.69) is 19.2 Å². The molecule has 1 atom stereocenters. The molecule has 0 spiro atoms. The van der Waals surface area contributed by atoms with Crippen LogP contribution in [-0.2, 0) is 9.59 Å². The molecule has 0 saturated carbocycles. The largest absolute Gasteiger partial charge is 0.485 e. The second-order valence-corrected chi connectivity index (χ2v) is 8.87. The number of rotatable bonds is 9. The smallest absolute Gasteiger partial charge is 0.265 e. The maximum Gasteiger partial charge on any atom is 0.265 e. The number of nitrogens with zero attached hydrogens (tertiary/aromatic N) is 1. The van der Waals surface area contributed by atoms with Crippen LogP contribution in [0.15, 0.2) is 36.4 Å². The third kappa shape index (κ3) is 5.92. The molecule has 3 rings (SSSR count). The highest BCUT2D eigenvalue weighted by Gasteiger charge is 2.33. The number of carbonyl (C=O) groups is 3. The molecular formula is C26H32N2O5.